The van der Waals surface area contributed by atoms with Crippen molar-refractivity contribution in [2.45, 2.75) is 13.5 Å². The lowest BCUT2D eigenvalue weighted by molar-refractivity contribution is -0.120. The van der Waals surface area contributed by atoms with E-state index in [1.165, 1.54) is 12.1 Å². The zero-order chi connectivity index (χ0) is 15.9. The molecule has 0 fully saturated rings. The fourth-order valence-corrected chi connectivity index (χ4v) is 1.91. The van der Waals surface area contributed by atoms with Crippen LogP contribution < -0.4 is 10.6 Å². The highest BCUT2D eigenvalue weighted by Gasteiger charge is 2.07. The maximum absolute atomic E-state index is 12.7. The Morgan fingerprint density at radius 2 is 1.77 bits per heavy atom. The van der Waals surface area contributed by atoms with E-state index in [1.54, 1.807) is 30.3 Å². The normalized spacial score (nSPS) is 10.1. The maximum atomic E-state index is 12.7. The Morgan fingerprint density at radius 3 is 2.45 bits per heavy atom. The van der Waals surface area contributed by atoms with Crippen LogP contribution in [0, 0.1) is 12.7 Å². The first kappa shape index (κ1) is 15.7. The number of rotatable bonds is 5. The van der Waals surface area contributed by atoms with Gasteiger partial charge in [0.05, 0.1) is 6.54 Å². The van der Waals surface area contributed by atoms with Gasteiger partial charge < -0.3 is 10.6 Å². The van der Waals surface area contributed by atoms with Crippen molar-refractivity contribution in [2.75, 3.05) is 6.54 Å². The van der Waals surface area contributed by atoms with E-state index in [4.69, 9.17) is 0 Å². The molecule has 2 N–H and O–H groups in total. The molecule has 0 aliphatic carbocycles. The first-order chi connectivity index (χ1) is 10.5. The summed E-state index contributed by atoms with van der Waals surface area (Å²) in [6, 6.07) is 13.0. The molecule has 2 aromatic carbocycles. The van der Waals surface area contributed by atoms with Gasteiger partial charge in [0.15, 0.2) is 0 Å². The Labute approximate surface area is 128 Å². The molecule has 0 bridgehead atoms. The van der Waals surface area contributed by atoms with E-state index in [0.717, 1.165) is 11.1 Å². The molecular weight excluding hydrogens is 283 g/mol. The quantitative estimate of drug-likeness (QED) is 0.889. The summed E-state index contributed by atoms with van der Waals surface area (Å²) in [5, 5.41) is 5.22. The topological polar surface area (TPSA) is 58.2 Å². The van der Waals surface area contributed by atoms with Crippen LogP contribution in [0.2, 0.25) is 0 Å². The minimum Gasteiger partial charge on any atom is -0.350 e. The third kappa shape index (κ3) is 4.70. The Kier molecular flexibility index (Phi) is 5.25. The summed E-state index contributed by atoms with van der Waals surface area (Å²) in [5.41, 5.74) is 2.29. The lowest BCUT2D eigenvalue weighted by atomic mass is 10.1. The van der Waals surface area contributed by atoms with Crippen molar-refractivity contribution in [3.63, 3.8) is 0 Å². The van der Waals surface area contributed by atoms with Gasteiger partial charge >= 0.3 is 0 Å². The highest BCUT2D eigenvalue weighted by molar-refractivity contribution is 5.96. The van der Waals surface area contributed by atoms with Crippen LogP contribution in [0.4, 0.5) is 4.39 Å². The lowest BCUT2D eigenvalue weighted by Gasteiger charge is -2.07. The van der Waals surface area contributed by atoms with Gasteiger partial charge in [-0.15, -0.1) is 0 Å². The zero-order valence-electron chi connectivity index (χ0n) is 12.2. The third-order valence-corrected chi connectivity index (χ3v) is 3.09. The van der Waals surface area contributed by atoms with E-state index >= 15 is 0 Å². The van der Waals surface area contributed by atoms with Gasteiger partial charge in [0.25, 0.3) is 5.91 Å². The van der Waals surface area contributed by atoms with E-state index in [-0.39, 0.29) is 24.2 Å². The van der Waals surface area contributed by atoms with Gasteiger partial charge in [-0.25, -0.2) is 4.39 Å². The minimum absolute atomic E-state index is 0.103. The molecule has 0 atom stereocenters. The summed E-state index contributed by atoms with van der Waals surface area (Å²) in [6.45, 7) is 2.08. The van der Waals surface area contributed by atoms with Gasteiger partial charge in [0, 0.05) is 12.1 Å². The molecular formula is C17H17FN2O2. The van der Waals surface area contributed by atoms with Crippen LogP contribution in [-0.4, -0.2) is 18.4 Å². The lowest BCUT2D eigenvalue weighted by Crippen LogP contribution is -2.36. The van der Waals surface area contributed by atoms with Gasteiger partial charge in [-0.3, -0.25) is 9.59 Å². The molecule has 2 amide bonds. The molecule has 0 spiro atoms. The molecule has 0 aliphatic rings. The average Bonchev–Trinajstić information content (AvgIpc) is 2.52. The van der Waals surface area contributed by atoms with Crippen LogP contribution in [0.25, 0.3) is 0 Å². The first-order valence-electron chi connectivity index (χ1n) is 6.90. The first-order valence-corrected chi connectivity index (χ1v) is 6.90. The molecule has 0 heterocycles. The molecule has 22 heavy (non-hydrogen) atoms. The Bertz CT molecular complexity index is 669. The predicted octanol–water partition coefficient (Wildman–Crippen LogP) is 2.18. The number of benzene rings is 2. The van der Waals surface area contributed by atoms with Gasteiger partial charge in [0.1, 0.15) is 5.82 Å². The monoisotopic (exact) mass is 300 g/mol. The fraction of sp³-hybridized carbons (Fsp3) is 0.176. The van der Waals surface area contributed by atoms with Gasteiger partial charge in [0.2, 0.25) is 5.91 Å². The Hall–Kier alpha value is -2.69. The van der Waals surface area contributed by atoms with Crippen LogP contribution >= 0.6 is 0 Å². The molecule has 0 aliphatic heterocycles. The molecule has 0 saturated heterocycles. The SMILES string of the molecule is Cc1cccc(C(=O)NCC(=O)NCc2ccc(F)cc2)c1. The standard InChI is InChI=1S/C17H17FN2O2/c1-12-3-2-4-14(9-12)17(22)20-11-16(21)19-10-13-5-7-15(18)8-6-13/h2-9H,10-11H2,1H3,(H,19,21)(H,20,22). The predicted molar refractivity (Wildman–Crippen MR) is 81.8 cm³/mol. The van der Waals surface area contributed by atoms with Crippen LogP contribution in [0.5, 0.6) is 0 Å². The van der Waals surface area contributed by atoms with Crippen molar-refractivity contribution in [2.24, 2.45) is 0 Å². The fourth-order valence-electron chi connectivity index (χ4n) is 1.91. The molecule has 0 aromatic heterocycles. The second-order valence-corrected chi connectivity index (χ2v) is 4.96. The van der Waals surface area contributed by atoms with E-state index < -0.39 is 0 Å². The van der Waals surface area contributed by atoms with Crippen molar-refractivity contribution in [1.29, 1.82) is 0 Å². The second-order valence-electron chi connectivity index (χ2n) is 4.96. The molecule has 4 nitrogen and oxygen atoms in total. The van der Waals surface area contributed by atoms with E-state index in [2.05, 4.69) is 10.6 Å². The molecule has 2 rings (SSSR count). The molecule has 0 saturated carbocycles. The number of carbonyl (C=O) groups excluding carboxylic acids is 2. The smallest absolute Gasteiger partial charge is 0.251 e. The molecule has 0 unspecified atom stereocenters. The van der Waals surface area contributed by atoms with Crippen molar-refractivity contribution in [3.05, 3.63) is 71.0 Å². The Morgan fingerprint density at radius 1 is 1.05 bits per heavy atom. The van der Waals surface area contributed by atoms with E-state index in [9.17, 15) is 14.0 Å². The van der Waals surface area contributed by atoms with Crippen LogP contribution in [0.3, 0.4) is 0 Å². The maximum Gasteiger partial charge on any atom is 0.251 e. The summed E-state index contributed by atoms with van der Waals surface area (Å²) in [7, 11) is 0. The van der Waals surface area contributed by atoms with E-state index in [1.807, 2.05) is 13.0 Å². The molecule has 2 aromatic rings. The number of aryl methyl sites for hydroxylation is 1. The summed E-state index contributed by atoms with van der Waals surface area (Å²) >= 11 is 0. The van der Waals surface area contributed by atoms with Gasteiger partial charge in [-0.2, -0.15) is 0 Å². The highest BCUT2D eigenvalue weighted by atomic mass is 19.1. The van der Waals surface area contributed by atoms with Crippen LogP contribution in [0.1, 0.15) is 21.5 Å². The average molecular weight is 300 g/mol. The molecule has 114 valence electrons. The van der Waals surface area contributed by atoms with Crippen LogP contribution in [-0.2, 0) is 11.3 Å². The molecule has 5 heteroatoms. The van der Waals surface area contributed by atoms with Crippen molar-refractivity contribution < 1.29 is 14.0 Å². The van der Waals surface area contributed by atoms with Crippen molar-refractivity contribution in [3.8, 4) is 0 Å². The summed E-state index contributed by atoms with van der Waals surface area (Å²) in [6.07, 6.45) is 0. The largest absolute Gasteiger partial charge is 0.350 e. The summed E-state index contributed by atoms with van der Waals surface area (Å²) in [4.78, 5) is 23.6. The summed E-state index contributed by atoms with van der Waals surface area (Å²) < 4.78 is 12.7. The number of carbonyl (C=O) groups is 2. The van der Waals surface area contributed by atoms with Crippen LogP contribution in [0.15, 0.2) is 48.5 Å². The number of nitrogens with one attached hydrogen (secondary N) is 2. The van der Waals surface area contributed by atoms with Gasteiger partial charge in [-0.1, -0.05) is 29.8 Å². The van der Waals surface area contributed by atoms with Gasteiger partial charge in [-0.05, 0) is 36.8 Å². The summed E-state index contributed by atoms with van der Waals surface area (Å²) in [5.74, 6) is -0.911. The van der Waals surface area contributed by atoms with Crippen molar-refractivity contribution >= 4 is 11.8 Å². The third-order valence-electron chi connectivity index (χ3n) is 3.09. The van der Waals surface area contributed by atoms with E-state index in [0.29, 0.717) is 12.1 Å². The number of amides is 2. The highest BCUT2D eigenvalue weighted by Crippen LogP contribution is 2.03. The molecule has 0 radical (unpaired) electrons. The van der Waals surface area contributed by atoms with Crippen molar-refractivity contribution in [1.82, 2.24) is 10.6 Å². The Balaban J connectivity index is 1.78. The number of hydrogen-bond donors (Lipinski definition) is 2. The second kappa shape index (κ2) is 7.36. The minimum atomic E-state index is -0.319. The number of hydrogen-bond acceptors (Lipinski definition) is 2. The number of halogens is 1. The zero-order valence-corrected chi connectivity index (χ0v) is 12.2.